The predicted octanol–water partition coefficient (Wildman–Crippen LogP) is 4.95. The summed E-state index contributed by atoms with van der Waals surface area (Å²) >= 11 is 0. The Balaban J connectivity index is 1.58. The molecule has 0 heterocycles. The molecule has 0 spiro atoms. The van der Waals surface area contributed by atoms with E-state index in [0.29, 0.717) is 0 Å². The minimum Gasteiger partial charge on any atom is -0.396 e. The molecule has 2 nitrogen and oxygen atoms in total. The van der Waals surface area contributed by atoms with Crippen LogP contribution in [0.2, 0.25) is 0 Å². The summed E-state index contributed by atoms with van der Waals surface area (Å²) < 4.78 is 0. The van der Waals surface area contributed by atoms with Crippen LogP contribution >= 0.6 is 0 Å². The van der Waals surface area contributed by atoms with E-state index in [2.05, 4.69) is 84.7 Å². The van der Waals surface area contributed by atoms with Crippen molar-refractivity contribution in [3.8, 4) is 11.1 Å². The van der Waals surface area contributed by atoms with Crippen molar-refractivity contribution in [2.75, 3.05) is 20.2 Å². The number of nitrogens with zero attached hydrogens (tertiary/aromatic N) is 1. The molecule has 3 rings (SSSR count). The van der Waals surface area contributed by atoms with E-state index in [9.17, 15) is 5.11 Å². The molecule has 0 amide bonds. The third kappa shape index (κ3) is 5.04. The average Bonchev–Trinajstić information content (AvgIpc) is 2.70. The Labute approximate surface area is 156 Å². The van der Waals surface area contributed by atoms with Crippen LogP contribution in [0.3, 0.4) is 0 Å². The molecule has 0 saturated carbocycles. The Bertz CT molecular complexity index is 768. The van der Waals surface area contributed by atoms with Gasteiger partial charge in [-0.3, -0.25) is 0 Å². The van der Waals surface area contributed by atoms with E-state index in [1.165, 1.54) is 22.3 Å². The lowest BCUT2D eigenvalue weighted by molar-refractivity contribution is 0.237. The van der Waals surface area contributed by atoms with Gasteiger partial charge in [0.15, 0.2) is 0 Å². The van der Waals surface area contributed by atoms with E-state index in [4.69, 9.17) is 0 Å². The lowest BCUT2D eigenvalue weighted by Gasteiger charge is -2.21. The molecular weight excluding hydrogens is 318 g/mol. The van der Waals surface area contributed by atoms with Crippen LogP contribution in [-0.4, -0.2) is 30.2 Å². The summed E-state index contributed by atoms with van der Waals surface area (Å²) in [6, 6.07) is 29.5. The first-order chi connectivity index (χ1) is 12.8. The first-order valence-corrected chi connectivity index (χ1v) is 9.25. The predicted molar refractivity (Wildman–Crippen MR) is 109 cm³/mol. The van der Waals surface area contributed by atoms with Crippen molar-refractivity contribution in [3.63, 3.8) is 0 Å². The van der Waals surface area contributed by atoms with Crippen molar-refractivity contribution in [3.05, 3.63) is 96.1 Å². The van der Waals surface area contributed by atoms with Gasteiger partial charge in [0.2, 0.25) is 0 Å². The molecule has 0 saturated heterocycles. The minimum atomic E-state index is 0.179. The summed E-state index contributed by atoms with van der Waals surface area (Å²) in [6.07, 6.45) is 0.949. The molecule has 0 aliphatic rings. The Morgan fingerprint density at radius 2 is 1.35 bits per heavy atom. The standard InChI is InChI=1S/C24H27NO/c1-25(18-20-8-4-2-5-9-20)17-16-24(19-26)23-14-12-22(13-15-23)21-10-6-3-7-11-21/h2-15,24,26H,16-19H2,1H3. The largest absolute Gasteiger partial charge is 0.396 e. The molecule has 1 unspecified atom stereocenters. The molecule has 1 atom stereocenters. The van der Waals surface area contributed by atoms with Crippen LogP contribution in [0.4, 0.5) is 0 Å². The molecule has 3 aromatic rings. The van der Waals surface area contributed by atoms with Crippen molar-refractivity contribution in [2.24, 2.45) is 0 Å². The van der Waals surface area contributed by atoms with Gasteiger partial charge in [-0.25, -0.2) is 0 Å². The second-order valence-corrected chi connectivity index (χ2v) is 6.88. The van der Waals surface area contributed by atoms with Gasteiger partial charge in [-0.2, -0.15) is 0 Å². The lowest BCUT2D eigenvalue weighted by atomic mass is 9.94. The maximum absolute atomic E-state index is 9.85. The molecule has 26 heavy (non-hydrogen) atoms. The first-order valence-electron chi connectivity index (χ1n) is 9.25. The van der Waals surface area contributed by atoms with Crippen LogP contribution in [0.5, 0.6) is 0 Å². The molecule has 0 aromatic heterocycles. The normalized spacial score (nSPS) is 12.3. The van der Waals surface area contributed by atoms with Gasteiger partial charge in [0.25, 0.3) is 0 Å². The number of aliphatic hydroxyl groups excluding tert-OH is 1. The number of benzene rings is 3. The van der Waals surface area contributed by atoms with Gasteiger partial charge >= 0.3 is 0 Å². The highest BCUT2D eigenvalue weighted by atomic mass is 16.3. The second kappa shape index (κ2) is 9.33. The monoisotopic (exact) mass is 345 g/mol. The topological polar surface area (TPSA) is 23.5 Å². The molecule has 0 radical (unpaired) electrons. The maximum Gasteiger partial charge on any atom is 0.0500 e. The summed E-state index contributed by atoms with van der Waals surface area (Å²) in [4.78, 5) is 2.32. The Hall–Kier alpha value is -2.42. The Morgan fingerprint density at radius 3 is 1.96 bits per heavy atom. The van der Waals surface area contributed by atoms with E-state index in [1.807, 2.05) is 12.1 Å². The molecule has 3 aromatic carbocycles. The average molecular weight is 345 g/mol. The van der Waals surface area contributed by atoms with Crippen molar-refractivity contribution in [1.29, 1.82) is 0 Å². The molecule has 0 bridgehead atoms. The highest BCUT2D eigenvalue weighted by Crippen LogP contribution is 2.24. The molecule has 1 N–H and O–H groups in total. The van der Waals surface area contributed by atoms with Crippen LogP contribution < -0.4 is 0 Å². The van der Waals surface area contributed by atoms with E-state index >= 15 is 0 Å². The van der Waals surface area contributed by atoms with Crippen LogP contribution in [0, 0.1) is 0 Å². The van der Waals surface area contributed by atoms with E-state index < -0.39 is 0 Å². The Morgan fingerprint density at radius 1 is 0.769 bits per heavy atom. The zero-order valence-electron chi connectivity index (χ0n) is 15.4. The second-order valence-electron chi connectivity index (χ2n) is 6.88. The summed E-state index contributed by atoms with van der Waals surface area (Å²) in [5.74, 6) is 0.179. The van der Waals surface area contributed by atoms with E-state index in [0.717, 1.165) is 19.5 Å². The summed E-state index contributed by atoms with van der Waals surface area (Å²) in [5.41, 5.74) is 4.97. The molecule has 2 heteroatoms. The molecule has 0 aliphatic carbocycles. The van der Waals surface area contributed by atoms with Crippen LogP contribution in [0.15, 0.2) is 84.9 Å². The zero-order valence-corrected chi connectivity index (χ0v) is 15.4. The third-order valence-electron chi connectivity index (χ3n) is 4.86. The van der Waals surface area contributed by atoms with Crippen molar-refractivity contribution < 1.29 is 5.11 Å². The summed E-state index contributed by atoms with van der Waals surface area (Å²) in [6.45, 7) is 2.08. The van der Waals surface area contributed by atoms with Gasteiger partial charge in [0.1, 0.15) is 0 Å². The van der Waals surface area contributed by atoms with Gasteiger partial charge in [0, 0.05) is 19.1 Å². The lowest BCUT2D eigenvalue weighted by Crippen LogP contribution is -2.21. The summed E-state index contributed by atoms with van der Waals surface area (Å²) in [7, 11) is 2.14. The third-order valence-corrected chi connectivity index (χ3v) is 4.86. The first kappa shape index (κ1) is 18.4. The molecule has 134 valence electrons. The SMILES string of the molecule is CN(CCC(CO)c1ccc(-c2ccccc2)cc1)Cc1ccccc1. The highest BCUT2D eigenvalue weighted by Gasteiger charge is 2.12. The molecule has 0 aliphatic heterocycles. The van der Waals surface area contributed by atoms with Gasteiger partial charge in [-0.1, -0.05) is 84.9 Å². The quantitative estimate of drug-likeness (QED) is 0.624. The number of rotatable bonds is 8. The fourth-order valence-electron chi connectivity index (χ4n) is 3.29. The molecule has 0 fully saturated rings. The van der Waals surface area contributed by atoms with Crippen LogP contribution in [0.1, 0.15) is 23.5 Å². The minimum absolute atomic E-state index is 0.179. The fraction of sp³-hybridized carbons (Fsp3) is 0.250. The van der Waals surface area contributed by atoms with Gasteiger partial charge in [0.05, 0.1) is 0 Å². The van der Waals surface area contributed by atoms with Crippen LogP contribution in [-0.2, 0) is 6.54 Å². The number of hydrogen-bond donors (Lipinski definition) is 1. The van der Waals surface area contributed by atoms with Gasteiger partial charge in [-0.15, -0.1) is 0 Å². The Kier molecular flexibility index (Phi) is 6.59. The van der Waals surface area contributed by atoms with Gasteiger partial charge in [-0.05, 0) is 42.3 Å². The smallest absolute Gasteiger partial charge is 0.0500 e. The zero-order chi connectivity index (χ0) is 18.2. The molecular formula is C24H27NO. The van der Waals surface area contributed by atoms with E-state index in [-0.39, 0.29) is 12.5 Å². The van der Waals surface area contributed by atoms with Crippen molar-refractivity contribution in [2.45, 2.75) is 18.9 Å². The summed E-state index contributed by atoms with van der Waals surface area (Å²) in [5, 5.41) is 9.85. The number of aliphatic hydroxyl groups is 1. The van der Waals surface area contributed by atoms with Crippen molar-refractivity contribution in [1.82, 2.24) is 4.90 Å². The van der Waals surface area contributed by atoms with Crippen LogP contribution in [0.25, 0.3) is 11.1 Å². The van der Waals surface area contributed by atoms with E-state index in [1.54, 1.807) is 0 Å². The highest BCUT2D eigenvalue weighted by molar-refractivity contribution is 5.63. The number of hydrogen-bond acceptors (Lipinski definition) is 2. The maximum atomic E-state index is 9.85. The fourth-order valence-corrected chi connectivity index (χ4v) is 3.29. The van der Waals surface area contributed by atoms with Crippen molar-refractivity contribution >= 4 is 0 Å². The van der Waals surface area contributed by atoms with Gasteiger partial charge < -0.3 is 10.0 Å².